The van der Waals surface area contributed by atoms with E-state index in [0.717, 1.165) is 24.1 Å². The molecular formula is C9H12N2O. The number of pyridine rings is 1. The molecule has 1 aromatic rings. The van der Waals surface area contributed by atoms with Gasteiger partial charge in [0, 0.05) is 6.20 Å². The second-order valence-electron chi connectivity index (χ2n) is 3.36. The SMILES string of the molecule is NC1(c2cc(CO)ccn2)CC1. The number of hydrogen-bond donors (Lipinski definition) is 2. The summed E-state index contributed by atoms with van der Waals surface area (Å²) in [5.41, 5.74) is 7.56. The normalized spacial score (nSPS) is 19.2. The molecule has 0 radical (unpaired) electrons. The fourth-order valence-electron chi connectivity index (χ4n) is 1.24. The minimum absolute atomic E-state index is 0.0611. The second-order valence-corrected chi connectivity index (χ2v) is 3.36. The highest BCUT2D eigenvalue weighted by atomic mass is 16.3. The van der Waals surface area contributed by atoms with Gasteiger partial charge in [-0.2, -0.15) is 0 Å². The predicted octanol–water partition coefficient (Wildman–Crippen LogP) is 0.522. The van der Waals surface area contributed by atoms with E-state index in [0.29, 0.717) is 0 Å². The van der Waals surface area contributed by atoms with E-state index in [9.17, 15) is 0 Å². The van der Waals surface area contributed by atoms with Gasteiger partial charge in [-0.25, -0.2) is 0 Å². The molecular weight excluding hydrogens is 152 g/mol. The van der Waals surface area contributed by atoms with E-state index in [1.807, 2.05) is 6.07 Å². The summed E-state index contributed by atoms with van der Waals surface area (Å²) in [4.78, 5) is 4.18. The minimum Gasteiger partial charge on any atom is -0.392 e. The summed E-state index contributed by atoms with van der Waals surface area (Å²) < 4.78 is 0. The molecule has 3 nitrogen and oxygen atoms in total. The molecule has 0 atom stereocenters. The van der Waals surface area contributed by atoms with Crippen molar-refractivity contribution in [2.24, 2.45) is 5.73 Å². The summed E-state index contributed by atoms with van der Waals surface area (Å²) in [5, 5.41) is 8.88. The average molecular weight is 164 g/mol. The second kappa shape index (κ2) is 2.54. The fraction of sp³-hybridized carbons (Fsp3) is 0.444. The predicted molar refractivity (Wildman–Crippen MR) is 45.3 cm³/mol. The van der Waals surface area contributed by atoms with Gasteiger partial charge in [0.2, 0.25) is 0 Å². The first-order chi connectivity index (χ1) is 5.74. The maximum absolute atomic E-state index is 8.88. The molecule has 0 saturated heterocycles. The summed E-state index contributed by atoms with van der Waals surface area (Å²) in [6, 6.07) is 3.68. The lowest BCUT2D eigenvalue weighted by Crippen LogP contribution is -2.20. The third kappa shape index (κ3) is 1.21. The fourth-order valence-corrected chi connectivity index (χ4v) is 1.24. The zero-order valence-electron chi connectivity index (χ0n) is 6.83. The van der Waals surface area contributed by atoms with Crippen molar-refractivity contribution in [2.45, 2.75) is 25.0 Å². The van der Waals surface area contributed by atoms with Crippen LogP contribution < -0.4 is 5.73 Å². The van der Waals surface area contributed by atoms with Crippen molar-refractivity contribution in [3.05, 3.63) is 29.6 Å². The Bertz CT molecular complexity index is 294. The van der Waals surface area contributed by atoms with Gasteiger partial charge in [-0.05, 0) is 30.5 Å². The Hall–Kier alpha value is -0.930. The van der Waals surface area contributed by atoms with Crippen molar-refractivity contribution in [1.29, 1.82) is 0 Å². The van der Waals surface area contributed by atoms with Gasteiger partial charge >= 0.3 is 0 Å². The van der Waals surface area contributed by atoms with Gasteiger partial charge in [-0.15, -0.1) is 0 Å². The van der Waals surface area contributed by atoms with E-state index in [2.05, 4.69) is 4.98 Å². The number of aliphatic hydroxyl groups is 1. The van der Waals surface area contributed by atoms with Crippen molar-refractivity contribution in [3.8, 4) is 0 Å². The molecule has 0 bridgehead atoms. The first kappa shape index (κ1) is 7.71. The molecule has 1 aliphatic rings. The molecule has 2 rings (SSSR count). The topological polar surface area (TPSA) is 59.1 Å². The van der Waals surface area contributed by atoms with Gasteiger partial charge in [0.25, 0.3) is 0 Å². The Morgan fingerprint density at radius 1 is 1.58 bits per heavy atom. The summed E-state index contributed by atoms with van der Waals surface area (Å²) in [6.45, 7) is 0.0611. The molecule has 12 heavy (non-hydrogen) atoms. The van der Waals surface area contributed by atoms with Crippen molar-refractivity contribution in [2.75, 3.05) is 0 Å². The van der Waals surface area contributed by atoms with Crippen molar-refractivity contribution < 1.29 is 5.11 Å². The first-order valence-corrected chi connectivity index (χ1v) is 4.10. The maximum Gasteiger partial charge on any atom is 0.0683 e. The Morgan fingerprint density at radius 2 is 2.33 bits per heavy atom. The van der Waals surface area contributed by atoms with Crippen LogP contribution in [-0.4, -0.2) is 10.1 Å². The molecule has 3 N–H and O–H groups in total. The number of nitrogens with two attached hydrogens (primary N) is 1. The van der Waals surface area contributed by atoms with E-state index in [-0.39, 0.29) is 12.1 Å². The van der Waals surface area contributed by atoms with E-state index < -0.39 is 0 Å². The van der Waals surface area contributed by atoms with Crippen molar-refractivity contribution in [1.82, 2.24) is 4.98 Å². The lowest BCUT2D eigenvalue weighted by Gasteiger charge is -2.07. The van der Waals surface area contributed by atoms with Crippen LogP contribution in [0, 0.1) is 0 Å². The molecule has 0 amide bonds. The van der Waals surface area contributed by atoms with Gasteiger partial charge in [-0.1, -0.05) is 0 Å². The smallest absolute Gasteiger partial charge is 0.0683 e. The highest BCUT2D eigenvalue weighted by molar-refractivity contribution is 5.26. The number of aromatic nitrogens is 1. The largest absolute Gasteiger partial charge is 0.392 e. The molecule has 64 valence electrons. The van der Waals surface area contributed by atoms with Crippen LogP contribution in [0.4, 0.5) is 0 Å². The van der Waals surface area contributed by atoms with E-state index in [4.69, 9.17) is 10.8 Å². The van der Waals surface area contributed by atoms with Crippen molar-refractivity contribution >= 4 is 0 Å². The lowest BCUT2D eigenvalue weighted by atomic mass is 10.1. The number of rotatable bonds is 2. The molecule has 1 aliphatic carbocycles. The van der Waals surface area contributed by atoms with Crippen LogP contribution in [0.25, 0.3) is 0 Å². The molecule has 0 aliphatic heterocycles. The zero-order chi connectivity index (χ0) is 8.60. The van der Waals surface area contributed by atoms with Crippen LogP contribution in [0.5, 0.6) is 0 Å². The average Bonchev–Trinajstić information content (AvgIpc) is 2.85. The van der Waals surface area contributed by atoms with E-state index in [1.165, 1.54) is 0 Å². The number of nitrogens with zero attached hydrogens (tertiary/aromatic N) is 1. The van der Waals surface area contributed by atoms with Crippen LogP contribution in [0.15, 0.2) is 18.3 Å². The Labute approximate surface area is 71.2 Å². The summed E-state index contributed by atoms with van der Waals surface area (Å²) >= 11 is 0. The number of hydrogen-bond acceptors (Lipinski definition) is 3. The van der Waals surface area contributed by atoms with Crippen LogP contribution in [0.1, 0.15) is 24.1 Å². The van der Waals surface area contributed by atoms with Crippen LogP contribution in [0.3, 0.4) is 0 Å². The molecule has 3 heteroatoms. The van der Waals surface area contributed by atoms with E-state index >= 15 is 0 Å². The summed E-state index contributed by atoms with van der Waals surface area (Å²) in [6.07, 6.45) is 3.72. The van der Waals surface area contributed by atoms with E-state index in [1.54, 1.807) is 12.3 Å². The molecule has 0 spiro atoms. The molecule has 0 aromatic carbocycles. The summed E-state index contributed by atoms with van der Waals surface area (Å²) in [5.74, 6) is 0. The maximum atomic E-state index is 8.88. The quantitative estimate of drug-likeness (QED) is 0.670. The van der Waals surface area contributed by atoms with Gasteiger partial charge < -0.3 is 10.8 Å². The van der Waals surface area contributed by atoms with Gasteiger partial charge in [0.15, 0.2) is 0 Å². The van der Waals surface area contributed by atoms with Crippen LogP contribution in [-0.2, 0) is 12.1 Å². The number of aliphatic hydroxyl groups excluding tert-OH is 1. The molecule has 1 aromatic heterocycles. The zero-order valence-corrected chi connectivity index (χ0v) is 6.83. The highest BCUT2D eigenvalue weighted by Crippen LogP contribution is 2.41. The van der Waals surface area contributed by atoms with Crippen LogP contribution in [0.2, 0.25) is 0 Å². The third-order valence-corrected chi connectivity index (χ3v) is 2.31. The minimum atomic E-state index is -0.189. The van der Waals surface area contributed by atoms with Crippen LogP contribution >= 0.6 is 0 Å². The molecule has 1 saturated carbocycles. The Kier molecular flexibility index (Phi) is 1.63. The molecule has 0 unspecified atom stereocenters. The monoisotopic (exact) mass is 164 g/mol. The lowest BCUT2D eigenvalue weighted by molar-refractivity contribution is 0.281. The van der Waals surface area contributed by atoms with Gasteiger partial charge in [0.1, 0.15) is 0 Å². The summed E-state index contributed by atoms with van der Waals surface area (Å²) in [7, 11) is 0. The van der Waals surface area contributed by atoms with Gasteiger partial charge in [-0.3, -0.25) is 4.98 Å². The Balaban J connectivity index is 2.32. The van der Waals surface area contributed by atoms with Gasteiger partial charge in [0.05, 0.1) is 17.8 Å². The standard InChI is InChI=1S/C9H12N2O/c10-9(2-3-9)8-5-7(6-12)1-4-11-8/h1,4-5,12H,2-3,6,10H2. The van der Waals surface area contributed by atoms with Crippen molar-refractivity contribution in [3.63, 3.8) is 0 Å². The highest BCUT2D eigenvalue weighted by Gasteiger charge is 2.41. The third-order valence-electron chi connectivity index (χ3n) is 2.31. The first-order valence-electron chi connectivity index (χ1n) is 4.10. The molecule has 1 heterocycles. The molecule has 1 fully saturated rings. The Morgan fingerprint density at radius 3 is 2.92 bits per heavy atom.